The third kappa shape index (κ3) is 12.6. The molecule has 0 fully saturated rings. The summed E-state index contributed by atoms with van der Waals surface area (Å²) in [5, 5.41) is 0.881. The number of hydrogen-bond acceptors (Lipinski definition) is 2. The molecule has 0 saturated heterocycles. The molecule has 2 heteroatoms. The predicted octanol–water partition coefficient (Wildman–Crippen LogP) is 5.22. The van der Waals surface area contributed by atoms with Crippen LogP contribution in [0.1, 0.15) is 58.8 Å². The van der Waals surface area contributed by atoms with Crippen LogP contribution in [0.5, 0.6) is 0 Å². The van der Waals surface area contributed by atoms with Crippen molar-refractivity contribution in [3.05, 3.63) is 0 Å². The van der Waals surface area contributed by atoms with Crippen molar-refractivity contribution in [2.75, 3.05) is 17.8 Å². The molecule has 0 aliphatic rings. The molecule has 0 amide bonds. The van der Waals surface area contributed by atoms with E-state index in [1.165, 1.54) is 56.5 Å². The van der Waals surface area contributed by atoms with E-state index in [9.17, 15) is 0 Å². The second-order valence-electron chi connectivity index (χ2n) is 4.17. The van der Waals surface area contributed by atoms with Gasteiger partial charge in [-0.2, -0.15) is 23.5 Å². The number of unbranched alkanes of at least 4 members (excludes halogenated alkanes) is 5. The van der Waals surface area contributed by atoms with Crippen molar-refractivity contribution in [2.45, 2.75) is 64.0 Å². The summed E-state index contributed by atoms with van der Waals surface area (Å²) < 4.78 is 0. The van der Waals surface area contributed by atoms with Crippen molar-refractivity contribution in [1.29, 1.82) is 0 Å². The van der Waals surface area contributed by atoms with E-state index in [0.717, 1.165) is 5.25 Å². The Bertz CT molecular complexity index is 115. The van der Waals surface area contributed by atoms with Gasteiger partial charge < -0.3 is 0 Å². The SMILES string of the molecule is CCSC(C)CCCCCCCCSC. The van der Waals surface area contributed by atoms with Crippen LogP contribution in [0, 0.1) is 0 Å². The lowest BCUT2D eigenvalue weighted by molar-refractivity contribution is 0.590. The van der Waals surface area contributed by atoms with E-state index < -0.39 is 0 Å². The molecular formula is C13H28S2. The van der Waals surface area contributed by atoms with Crippen molar-refractivity contribution >= 4 is 23.5 Å². The molecule has 0 aromatic heterocycles. The summed E-state index contributed by atoms with van der Waals surface area (Å²) in [7, 11) is 0. The zero-order valence-corrected chi connectivity index (χ0v) is 12.4. The van der Waals surface area contributed by atoms with Gasteiger partial charge >= 0.3 is 0 Å². The van der Waals surface area contributed by atoms with Gasteiger partial charge in [0.05, 0.1) is 0 Å². The highest BCUT2D eigenvalue weighted by atomic mass is 32.2. The average molecular weight is 249 g/mol. The summed E-state index contributed by atoms with van der Waals surface area (Å²) in [6, 6.07) is 0. The molecule has 0 aromatic carbocycles. The number of rotatable bonds is 11. The van der Waals surface area contributed by atoms with Crippen LogP contribution in [0.25, 0.3) is 0 Å². The van der Waals surface area contributed by atoms with Gasteiger partial charge in [0, 0.05) is 5.25 Å². The molecule has 0 heterocycles. The summed E-state index contributed by atoms with van der Waals surface area (Å²) >= 11 is 4.08. The van der Waals surface area contributed by atoms with E-state index in [2.05, 4.69) is 31.9 Å². The third-order valence-corrected chi connectivity index (χ3v) is 4.50. The fourth-order valence-electron chi connectivity index (χ4n) is 1.75. The van der Waals surface area contributed by atoms with Crippen LogP contribution >= 0.6 is 23.5 Å². The molecule has 1 atom stereocenters. The van der Waals surface area contributed by atoms with Gasteiger partial charge in [-0.25, -0.2) is 0 Å². The predicted molar refractivity (Wildman–Crippen MR) is 78.3 cm³/mol. The topological polar surface area (TPSA) is 0 Å². The van der Waals surface area contributed by atoms with Crippen molar-refractivity contribution in [3.63, 3.8) is 0 Å². The molecule has 0 N–H and O–H groups in total. The molecule has 15 heavy (non-hydrogen) atoms. The van der Waals surface area contributed by atoms with Crippen molar-refractivity contribution in [1.82, 2.24) is 0 Å². The van der Waals surface area contributed by atoms with Gasteiger partial charge in [0.2, 0.25) is 0 Å². The average Bonchev–Trinajstić information content (AvgIpc) is 2.22. The maximum absolute atomic E-state index is 2.37. The molecule has 1 unspecified atom stereocenters. The Labute approximate surface area is 105 Å². The molecule has 0 bridgehead atoms. The first-order valence-electron chi connectivity index (χ1n) is 6.41. The smallest absolute Gasteiger partial charge is 0.00186 e. The summed E-state index contributed by atoms with van der Waals surface area (Å²) in [6.07, 6.45) is 12.3. The second kappa shape index (κ2) is 12.8. The lowest BCUT2D eigenvalue weighted by Gasteiger charge is -2.08. The van der Waals surface area contributed by atoms with Crippen LogP contribution in [0.15, 0.2) is 0 Å². The minimum Gasteiger partial charge on any atom is -0.165 e. The first kappa shape index (κ1) is 15.7. The van der Waals surface area contributed by atoms with Gasteiger partial charge in [-0.05, 0) is 30.6 Å². The summed E-state index contributed by atoms with van der Waals surface area (Å²) in [6.45, 7) is 4.62. The lowest BCUT2D eigenvalue weighted by Crippen LogP contribution is -1.96. The van der Waals surface area contributed by atoms with Crippen LogP contribution in [0.4, 0.5) is 0 Å². The van der Waals surface area contributed by atoms with Crippen LogP contribution < -0.4 is 0 Å². The molecule has 92 valence electrons. The largest absolute Gasteiger partial charge is 0.165 e. The van der Waals surface area contributed by atoms with Crippen LogP contribution in [0.3, 0.4) is 0 Å². The van der Waals surface area contributed by atoms with Gasteiger partial charge in [-0.3, -0.25) is 0 Å². The number of hydrogen-bond donors (Lipinski definition) is 0. The Hall–Kier alpha value is 0.700. The highest BCUT2D eigenvalue weighted by Gasteiger charge is 2.00. The van der Waals surface area contributed by atoms with E-state index in [1.807, 2.05) is 11.8 Å². The number of thioether (sulfide) groups is 2. The monoisotopic (exact) mass is 248 g/mol. The molecule has 0 saturated carbocycles. The minimum atomic E-state index is 0.881. The minimum absolute atomic E-state index is 0.881. The fourth-order valence-corrected chi connectivity index (χ4v) is 3.15. The van der Waals surface area contributed by atoms with Gasteiger partial charge in [0.25, 0.3) is 0 Å². The van der Waals surface area contributed by atoms with E-state index in [4.69, 9.17) is 0 Å². The molecule has 0 radical (unpaired) electrons. The fraction of sp³-hybridized carbons (Fsp3) is 1.00. The Morgan fingerprint density at radius 3 is 2.13 bits per heavy atom. The van der Waals surface area contributed by atoms with Crippen molar-refractivity contribution < 1.29 is 0 Å². The van der Waals surface area contributed by atoms with Crippen LogP contribution in [-0.4, -0.2) is 23.0 Å². The zero-order chi connectivity index (χ0) is 11.4. The van der Waals surface area contributed by atoms with E-state index in [1.54, 1.807) is 0 Å². The van der Waals surface area contributed by atoms with Crippen molar-refractivity contribution in [3.8, 4) is 0 Å². The Morgan fingerprint density at radius 2 is 1.53 bits per heavy atom. The first-order chi connectivity index (χ1) is 7.31. The normalized spacial score (nSPS) is 13.0. The van der Waals surface area contributed by atoms with Crippen molar-refractivity contribution in [2.24, 2.45) is 0 Å². The van der Waals surface area contributed by atoms with Gasteiger partial charge in [-0.15, -0.1) is 0 Å². The molecule has 0 nitrogen and oxygen atoms in total. The molecule has 0 aromatic rings. The quantitative estimate of drug-likeness (QED) is 0.460. The Kier molecular flexibility index (Phi) is 13.4. The first-order valence-corrected chi connectivity index (χ1v) is 8.86. The lowest BCUT2D eigenvalue weighted by atomic mass is 10.1. The molecule has 0 aliphatic carbocycles. The van der Waals surface area contributed by atoms with E-state index >= 15 is 0 Å². The van der Waals surface area contributed by atoms with Crippen LogP contribution in [-0.2, 0) is 0 Å². The van der Waals surface area contributed by atoms with E-state index in [0.29, 0.717) is 0 Å². The highest BCUT2D eigenvalue weighted by molar-refractivity contribution is 7.99. The third-order valence-electron chi connectivity index (χ3n) is 2.66. The van der Waals surface area contributed by atoms with Gasteiger partial charge in [0.1, 0.15) is 0 Å². The van der Waals surface area contributed by atoms with Crippen LogP contribution in [0.2, 0.25) is 0 Å². The Balaban J connectivity index is 2.98. The summed E-state index contributed by atoms with van der Waals surface area (Å²) in [4.78, 5) is 0. The summed E-state index contributed by atoms with van der Waals surface area (Å²) in [5.74, 6) is 2.63. The molecular weight excluding hydrogens is 220 g/mol. The molecule has 0 rings (SSSR count). The zero-order valence-electron chi connectivity index (χ0n) is 10.8. The maximum Gasteiger partial charge on any atom is 0.00186 e. The standard InChI is InChI=1S/C13H28S2/c1-4-15-13(2)11-9-7-5-6-8-10-12-14-3/h13H,4-12H2,1-3H3. The van der Waals surface area contributed by atoms with E-state index in [-0.39, 0.29) is 0 Å². The molecule has 0 spiro atoms. The van der Waals surface area contributed by atoms with Gasteiger partial charge in [0.15, 0.2) is 0 Å². The highest BCUT2D eigenvalue weighted by Crippen LogP contribution is 2.17. The second-order valence-corrected chi connectivity index (χ2v) is 6.87. The summed E-state index contributed by atoms with van der Waals surface area (Å²) in [5.41, 5.74) is 0. The molecule has 0 aliphatic heterocycles. The Morgan fingerprint density at radius 1 is 0.933 bits per heavy atom. The maximum atomic E-state index is 2.37. The van der Waals surface area contributed by atoms with Gasteiger partial charge in [-0.1, -0.05) is 46.0 Å².